The van der Waals surface area contributed by atoms with E-state index in [-0.39, 0.29) is 29.0 Å². The van der Waals surface area contributed by atoms with Crippen LogP contribution >= 0.6 is 11.6 Å². The predicted octanol–water partition coefficient (Wildman–Crippen LogP) is 1.78. The lowest BCUT2D eigenvalue weighted by Crippen LogP contribution is -2.70. The summed E-state index contributed by atoms with van der Waals surface area (Å²) in [6.45, 7) is 0.977. The third kappa shape index (κ3) is 4.61. The summed E-state index contributed by atoms with van der Waals surface area (Å²) in [6.07, 6.45) is 4.76. The third-order valence-corrected chi connectivity index (χ3v) is 7.37. The number of methoxy groups -OCH3 is 2. The molecule has 1 aromatic rings. The van der Waals surface area contributed by atoms with E-state index < -0.39 is 33.9 Å². The number of carbonyl (C=O) groups excluding carboxylic acids is 2. The first-order chi connectivity index (χ1) is 14.5. The van der Waals surface area contributed by atoms with Gasteiger partial charge in [0.2, 0.25) is 21.8 Å². The summed E-state index contributed by atoms with van der Waals surface area (Å²) >= 11 is 6.31. The lowest BCUT2D eigenvalue weighted by molar-refractivity contribution is -0.133. The quantitative estimate of drug-likeness (QED) is 0.675. The minimum atomic E-state index is -3.70. The number of nitrogens with zero attached hydrogens (tertiary/aromatic N) is 2. The standard InChI is InChI=1S/C20H28ClN3O6S/c1-20(19(26)22-13-7-5-6-8-13)12-23(31(4,27)28)11-18(25)24(20)15-9-14(21)16(29-2)10-17(15)30-3/h9-10,13H,5-8,11-12H2,1-4H3,(H,22,26)/t20-/m1/s1. The molecule has 0 unspecified atom stereocenters. The van der Waals surface area contributed by atoms with Crippen LogP contribution in [-0.2, 0) is 19.6 Å². The van der Waals surface area contributed by atoms with Gasteiger partial charge in [-0.3, -0.25) is 14.5 Å². The average Bonchev–Trinajstić information content (AvgIpc) is 3.20. The zero-order valence-corrected chi connectivity index (χ0v) is 19.7. The van der Waals surface area contributed by atoms with Crippen molar-refractivity contribution in [3.8, 4) is 11.5 Å². The zero-order chi connectivity index (χ0) is 23.0. The van der Waals surface area contributed by atoms with Crippen molar-refractivity contribution in [3.05, 3.63) is 17.2 Å². The highest BCUT2D eigenvalue weighted by Gasteiger charge is 2.51. The van der Waals surface area contributed by atoms with E-state index in [0.29, 0.717) is 5.75 Å². The molecule has 31 heavy (non-hydrogen) atoms. The molecule has 1 aliphatic carbocycles. The Labute approximate surface area is 187 Å². The lowest BCUT2D eigenvalue weighted by atomic mass is 9.93. The van der Waals surface area contributed by atoms with E-state index in [1.165, 1.54) is 31.3 Å². The topological polar surface area (TPSA) is 105 Å². The molecule has 2 amide bonds. The normalized spacial score (nSPS) is 23.1. The van der Waals surface area contributed by atoms with Gasteiger partial charge in [-0.1, -0.05) is 24.4 Å². The highest BCUT2D eigenvalue weighted by molar-refractivity contribution is 7.88. The molecule has 3 rings (SSSR count). The Kier molecular flexibility index (Phi) is 6.73. The van der Waals surface area contributed by atoms with Crippen molar-refractivity contribution >= 4 is 39.1 Å². The summed E-state index contributed by atoms with van der Waals surface area (Å²) in [5.41, 5.74) is -1.23. The monoisotopic (exact) mass is 473 g/mol. The van der Waals surface area contributed by atoms with Crippen LogP contribution in [0.25, 0.3) is 0 Å². The van der Waals surface area contributed by atoms with Gasteiger partial charge in [-0.15, -0.1) is 0 Å². The number of ether oxygens (including phenoxy) is 2. The predicted molar refractivity (Wildman–Crippen MR) is 117 cm³/mol. The van der Waals surface area contributed by atoms with E-state index in [1.807, 2.05) is 0 Å². The molecule has 0 spiro atoms. The molecule has 0 bridgehead atoms. The second kappa shape index (κ2) is 8.84. The first-order valence-electron chi connectivity index (χ1n) is 10.0. The van der Waals surface area contributed by atoms with E-state index >= 15 is 0 Å². The number of sulfonamides is 1. The van der Waals surface area contributed by atoms with Crippen molar-refractivity contribution in [3.63, 3.8) is 0 Å². The second-order valence-corrected chi connectivity index (χ2v) is 10.5. The number of piperazine rings is 1. The van der Waals surface area contributed by atoms with Crippen LogP contribution in [0.1, 0.15) is 32.6 Å². The van der Waals surface area contributed by atoms with Crippen LogP contribution in [0, 0.1) is 0 Å². The maximum atomic E-state index is 13.5. The average molecular weight is 474 g/mol. The second-order valence-electron chi connectivity index (χ2n) is 8.15. The minimum absolute atomic E-state index is 0.00348. The van der Waals surface area contributed by atoms with E-state index in [9.17, 15) is 18.0 Å². The van der Waals surface area contributed by atoms with Gasteiger partial charge in [0.25, 0.3) is 0 Å². The Morgan fingerprint density at radius 2 is 1.81 bits per heavy atom. The number of amides is 2. The molecule has 11 heteroatoms. The Morgan fingerprint density at radius 3 is 2.35 bits per heavy atom. The molecule has 172 valence electrons. The number of anilines is 1. The molecule has 0 aromatic heterocycles. The summed E-state index contributed by atoms with van der Waals surface area (Å²) in [5, 5.41) is 3.23. The van der Waals surface area contributed by atoms with E-state index in [1.54, 1.807) is 6.92 Å². The summed E-state index contributed by atoms with van der Waals surface area (Å²) < 4.78 is 36.2. The number of halogens is 1. The number of rotatable bonds is 6. The van der Waals surface area contributed by atoms with Crippen LogP contribution in [0.15, 0.2) is 12.1 Å². The molecule has 1 saturated carbocycles. The minimum Gasteiger partial charge on any atom is -0.495 e. The van der Waals surface area contributed by atoms with Gasteiger partial charge < -0.3 is 14.8 Å². The van der Waals surface area contributed by atoms with E-state index in [4.69, 9.17) is 21.1 Å². The fraction of sp³-hybridized carbons (Fsp3) is 0.600. The van der Waals surface area contributed by atoms with Crippen LogP contribution in [0.4, 0.5) is 5.69 Å². The van der Waals surface area contributed by atoms with Crippen molar-refractivity contribution in [1.82, 2.24) is 9.62 Å². The van der Waals surface area contributed by atoms with Crippen LogP contribution in [0.5, 0.6) is 11.5 Å². The Bertz CT molecular complexity index is 979. The van der Waals surface area contributed by atoms with E-state index in [2.05, 4.69) is 5.32 Å². The molecule has 1 saturated heterocycles. The van der Waals surface area contributed by atoms with Crippen molar-refractivity contribution in [2.75, 3.05) is 38.5 Å². The number of nitrogens with one attached hydrogen (secondary N) is 1. The summed E-state index contributed by atoms with van der Waals surface area (Å²) in [4.78, 5) is 28.0. The van der Waals surface area contributed by atoms with Crippen molar-refractivity contribution in [1.29, 1.82) is 0 Å². The number of hydrogen-bond acceptors (Lipinski definition) is 6. The third-order valence-electron chi connectivity index (χ3n) is 5.88. The van der Waals surface area contributed by atoms with Gasteiger partial charge in [-0.2, -0.15) is 4.31 Å². The maximum absolute atomic E-state index is 13.5. The van der Waals surface area contributed by atoms with Gasteiger partial charge in [0.05, 0.1) is 37.7 Å². The summed E-state index contributed by atoms with van der Waals surface area (Å²) in [6, 6.07) is 3.02. The van der Waals surface area contributed by atoms with Crippen LogP contribution in [-0.4, -0.2) is 69.7 Å². The van der Waals surface area contributed by atoms with Gasteiger partial charge in [0.15, 0.2) is 0 Å². The van der Waals surface area contributed by atoms with Gasteiger partial charge in [0, 0.05) is 18.7 Å². The number of hydrogen-bond donors (Lipinski definition) is 1. The van der Waals surface area contributed by atoms with E-state index in [0.717, 1.165) is 36.2 Å². The van der Waals surface area contributed by atoms with Gasteiger partial charge in [-0.25, -0.2) is 8.42 Å². The fourth-order valence-electron chi connectivity index (χ4n) is 4.20. The van der Waals surface area contributed by atoms with Crippen LogP contribution < -0.4 is 19.7 Å². The molecular formula is C20H28ClN3O6S. The Balaban J connectivity index is 2.10. The van der Waals surface area contributed by atoms with Crippen molar-refractivity contribution in [2.24, 2.45) is 0 Å². The molecule has 1 heterocycles. The molecule has 1 aliphatic heterocycles. The first kappa shape index (κ1) is 23.6. The molecule has 2 aliphatic rings. The van der Waals surface area contributed by atoms with Gasteiger partial charge in [-0.05, 0) is 25.8 Å². The zero-order valence-electron chi connectivity index (χ0n) is 18.1. The molecule has 9 nitrogen and oxygen atoms in total. The van der Waals surface area contributed by atoms with Gasteiger partial charge >= 0.3 is 0 Å². The number of carbonyl (C=O) groups is 2. The Hall–Kier alpha value is -2.04. The summed E-state index contributed by atoms with van der Waals surface area (Å²) in [7, 11) is -0.818. The van der Waals surface area contributed by atoms with Crippen molar-refractivity contribution in [2.45, 2.75) is 44.2 Å². The molecular weight excluding hydrogens is 446 g/mol. The van der Waals surface area contributed by atoms with Gasteiger partial charge in [0.1, 0.15) is 17.0 Å². The van der Waals surface area contributed by atoms with Crippen molar-refractivity contribution < 1.29 is 27.5 Å². The fourth-order valence-corrected chi connectivity index (χ4v) is 5.27. The molecule has 2 fully saturated rings. The van der Waals surface area contributed by atoms with Crippen LogP contribution in [0.2, 0.25) is 5.02 Å². The molecule has 1 atom stereocenters. The van der Waals surface area contributed by atoms with Crippen LogP contribution in [0.3, 0.4) is 0 Å². The number of benzene rings is 1. The first-order valence-corrected chi connectivity index (χ1v) is 12.2. The highest BCUT2D eigenvalue weighted by atomic mass is 35.5. The molecule has 0 radical (unpaired) electrons. The molecule has 1 N–H and O–H groups in total. The Morgan fingerprint density at radius 1 is 1.19 bits per heavy atom. The lowest BCUT2D eigenvalue weighted by Gasteiger charge is -2.47. The smallest absolute Gasteiger partial charge is 0.247 e. The summed E-state index contributed by atoms with van der Waals surface area (Å²) in [5.74, 6) is -0.348. The highest BCUT2D eigenvalue weighted by Crippen LogP contribution is 2.42. The maximum Gasteiger partial charge on any atom is 0.247 e. The molecule has 1 aromatic carbocycles. The SMILES string of the molecule is COc1cc(OC)c(N2C(=O)CN(S(C)(=O)=O)C[C@]2(C)C(=O)NC2CCCC2)cc1Cl. The largest absolute Gasteiger partial charge is 0.495 e.